The Bertz CT molecular complexity index is 102. The third-order valence-corrected chi connectivity index (χ3v) is 12.0. The van der Waals surface area contributed by atoms with Crippen LogP contribution >= 0.6 is 0 Å². The van der Waals surface area contributed by atoms with Crippen LogP contribution in [0.1, 0.15) is 0 Å². The predicted octanol–water partition coefficient (Wildman–Crippen LogP) is 2.70. The summed E-state index contributed by atoms with van der Waals surface area (Å²) in [5, 5.41) is 0. The molecule has 0 bridgehead atoms. The molecule has 0 aromatic rings. The molecule has 1 saturated heterocycles. The molecule has 0 nitrogen and oxygen atoms in total. The lowest BCUT2D eigenvalue weighted by atomic mass is 10.9. The van der Waals surface area contributed by atoms with Gasteiger partial charge in [0.25, 0.3) is 0 Å². The minimum absolute atomic E-state index is 0.739. The average molecular weight is 157 g/mol. The fourth-order valence-electron chi connectivity index (χ4n) is 1.85. The van der Waals surface area contributed by atoms with Crippen molar-refractivity contribution in [2.75, 3.05) is 0 Å². The molecule has 0 amide bonds. The Hall–Kier alpha value is 0.434. The predicted molar refractivity (Wildman–Crippen MR) is 48.9 cm³/mol. The van der Waals surface area contributed by atoms with Crippen LogP contribution in [0.15, 0.2) is 0 Å². The normalized spacial score (nSPS) is 30.7. The van der Waals surface area contributed by atoms with Crippen molar-refractivity contribution in [3.8, 4) is 0 Å². The van der Waals surface area contributed by atoms with Gasteiger partial charge in [0, 0.05) is 16.1 Å². The fourth-order valence-corrected chi connectivity index (χ4v) is 16.6. The quantitative estimate of drug-likeness (QED) is 0.474. The molecule has 0 saturated carbocycles. The van der Waals surface area contributed by atoms with Gasteiger partial charge in [-0.2, -0.15) is 0 Å². The highest BCUT2D eigenvalue weighted by Gasteiger charge is 2.38. The SMILES string of the molecule is C[Si]1(C)[CH][Si](C)(C)CC1. The molecule has 2 heteroatoms. The summed E-state index contributed by atoms with van der Waals surface area (Å²) in [4.78, 5) is 0. The zero-order chi connectivity index (χ0) is 7.12. The fraction of sp³-hybridized carbons (Fsp3) is 0.857. The van der Waals surface area contributed by atoms with E-state index in [0.29, 0.717) is 0 Å². The van der Waals surface area contributed by atoms with Crippen LogP contribution in [0.3, 0.4) is 0 Å². The molecule has 1 radical (unpaired) electrons. The molecular weight excluding hydrogens is 140 g/mol. The maximum atomic E-state index is 2.76. The van der Waals surface area contributed by atoms with E-state index in [4.69, 9.17) is 0 Å². The van der Waals surface area contributed by atoms with E-state index in [1.165, 1.54) is 0 Å². The summed E-state index contributed by atoms with van der Waals surface area (Å²) in [5.74, 6) is 0. The van der Waals surface area contributed by atoms with Crippen LogP contribution in [0, 0.1) is 5.67 Å². The first kappa shape index (κ1) is 7.54. The topological polar surface area (TPSA) is 0 Å². The lowest BCUT2D eigenvalue weighted by molar-refractivity contribution is 1.35. The molecule has 1 heterocycles. The van der Waals surface area contributed by atoms with Gasteiger partial charge in [-0.15, -0.1) is 0 Å². The van der Waals surface area contributed by atoms with Crippen molar-refractivity contribution in [2.24, 2.45) is 0 Å². The summed E-state index contributed by atoms with van der Waals surface area (Å²) in [7, 11) is -1.48. The van der Waals surface area contributed by atoms with Gasteiger partial charge in [-0.1, -0.05) is 43.9 Å². The smallest absolute Gasteiger partial charge is 0.0472 e. The second-order valence-corrected chi connectivity index (χ2v) is 14.7. The Kier molecular flexibility index (Phi) is 1.64. The van der Waals surface area contributed by atoms with Crippen LogP contribution in [0.5, 0.6) is 0 Å². The average Bonchev–Trinajstić information content (AvgIpc) is 1.78. The van der Waals surface area contributed by atoms with E-state index >= 15 is 0 Å². The molecule has 0 unspecified atom stereocenters. The highest BCUT2D eigenvalue weighted by atomic mass is 28.4. The van der Waals surface area contributed by atoms with E-state index in [1.54, 1.807) is 12.1 Å². The van der Waals surface area contributed by atoms with Crippen molar-refractivity contribution in [1.82, 2.24) is 0 Å². The zero-order valence-corrected chi connectivity index (χ0v) is 8.99. The van der Waals surface area contributed by atoms with Crippen LogP contribution < -0.4 is 0 Å². The van der Waals surface area contributed by atoms with Crippen molar-refractivity contribution in [1.29, 1.82) is 0 Å². The Balaban J connectivity index is 2.58. The largest absolute Gasteiger partial charge is 0.0694 e. The lowest BCUT2D eigenvalue weighted by Crippen LogP contribution is -2.30. The Morgan fingerprint density at radius 2 is 1.22 bits per heavy atom. The minimum atomic E-state index is -0.739. The third-order valence-electron chi connectivity index (χ3n) is 2.20. The maximum absolute atomic E-state index is 2.76. The molecule has 1 aliphatic rings. The van der Waals surface area contributed by atoms with Crippen molar-refractivity contribution in [3.05, 3.63) is 5.67 Å². The van der Waals surface area contributed by atoms with Crippen LogP contribution in [0.2, 0.25) is 38.3 Å². The van der Waals surface area contributed by atoms with Crippen molar-refractivity contribution in [2.45, 2.75) is 38.3 Å². The summed E-state index contributed by atoms with van der Waals surface area (Å²) in [6.45, 7) is 9.98. The highest BCUT2D eigenvalue weighted by molar-refractivity contribution is 7.04. The molecule has 0 aromatic carbocycles. The van der Waals surface area contributed by atoms with Crippen LogP contribution in [-0.2, 0) is 0 Å². The van der Waals surface area contributed by atoms with E-state index < -0.39 is 16.1 Å². The molecule has 0 aliphatic carbocycles. The van der Waals surface area contributed by atoms with Crippen molar-refractivity contribution < 1.29 is 0 Å². The standard InChI is InChI=1S/C7H17Si2/c1-8(2)5-6-9(3,4)7-8/h7H,5-6H2,1-4H3. The molecule has 0 N–H and O–H groups in total. The monoisotopic (exact) mass is 157 g/mol. The minimum Gasteiger partial charge on any atom is -0.0694 e. The summed E-state index contributed by atoms with van der Waals surface area (Å²) < 4.78 is 0. The molecule has 1 rings (SSSR count). The Labute approximate surface area is 60.7 Å². The van der Waals surface area contributed by atoms with Gasteiger partial charge < -0.3 is 0 Å². The van der Waals surface area contributed by atoms with Gasteiger partial charge in [0.2, 0.25) is 0 Å². The second-order valence-electron chi connectivity index (χ2n) is 4.62. The lowest BCUT2D eigenvalue weighted by Gasteiger charge is -2.17. The van der Waals surface area contributed by atoms with Gasteiger partial charge in [0.1, 0.15) is 0 Å². The third kappa shape index (κ3) is 1.93. The van der Waals surface area contributed by atoms with Gasteiger partial charge in [0.05, 0.1) is 0 Å². The first-order valence-corrected chi connectivity index (χ1v) is 10.4. The molecule has 1 aliphatic heterocycles. The summed E-state index contributed by atoms with van der Waals surface area (Å²) in [6, 6.07) is 3.12. The molecule has 1 fully saturated rings. The Morgan fingerprint density at radius 1 is 0.889 bits per heavy atom. The molecule has 0 atom stereocenters. The van der Waals surface area contributed by atoms with Gasteiger partial charge >= 0.3 is 0 Å². The zero-order valence-electron chi connectivity index (χ0n) is 6.99. The van der Waals surface area contributed by atoms with Gasteiger partial charge in [0.15, 0.2) is 0 Å². The summed E-state index contributed by atoms with van der Waals surface area (Å²) >= 11 is 0. The second kappa shape index (κ2) is 1.96. The maximum Gasteiger partial charge on any atom is 0.0472 e. The number of rotatable bonds is 0. The van der Waals surface area contributed by atoms with E-state index in [2.05, 4.69) is 31.9 Å². The van der Waals surface area contributed by atoms with Crippen LogP contribution in [0.4, 0.5) is 0 Å². The highest BCUT2D eigenvalue weighted by Crippen LogP contribution is 2.34. The Morgan fingerprint density at radius 3 is 1.33 bits per heavy atom. The molecule has 0 spiro atoms. The summed E-state index contributed by atoms with van der Waals surface area (Å²) in [5.41, 5.74) is 2.76. The van der Waals surface area contributed by atoms with Crippen molar-refractivity contribution in [3.63, 3.8) is 0 Å². The molecule has 9 heavy (non-hydrogen) atoms. The van der Waals surface area contributed by atoms with E-state index in [-0.39, 0.29) is 0 Å². The van der Waals surface area contributed by atoms with Gasteiger partial charge in [-0.05, 0) is 0 Å². The van der Waals surface area contributed by atoms with Crippen LogP contribution in [-0.4, -0.2) is 16.1 Å². The van der Waals surface area contributed by atoms with Gasteiger partial charge in [-0.3, -0.25) is 0 Å². The van der Waals surface area contributed by atoms with Gasteiger partial charge in [-0.25, -0.2) is 0 Å². The molecule has 0 aromatic heterocycles. The van der Waals surface area contributed by atoms with Crippen LogP contribution in [0.25, 0.3) is 0 Å². The first-order chi connectivity index (χ1) is 3.91. The van der Waals surface area contributed by atoms with E-state index in [9.17, 15) is 0 Å². The van der Waals surface area contributed by atoms with E-state index in [0.717, 1.165) is 0 Å². The molecule has 53 valence electrons. The van der Waals surface area contributed by atoms with Crippen molar-refractivity contribution >= 4 is 16.1 Å². The summed E-state index contributed by atoms with van der Waals surface area (Å²) in [6.07, 6.45) is 0. The van der Waals surface area contributed by atoms with E-state index in [1.807, 2.05) is 0 Å². The molecular formula is C7H17Si2. The first-order valence-electron chi connectivity index (χ1n) is 3.78. The number of hydrogen-bond donors (Lipinski definition) is 0. The number of hydrogen-bond acceptors (Lipinski definition) is 0.